The predicted molar refractivity (Wildman–Crippen MR) is 93.5 cm³/mol. The van der Waals surface area contributed by atoms with Gasteiger partial charge in [-0.15, -0.1) is 11.3 Å². The summed E-state index contributed by atoms with van der Waals surface area (Å²) in [6, 6.07) is 6.01. The van der Waals surface area contributed by atoms with E-state index in [0.29, 0.717) is 15.9 Å². The molecule has 0 aliphatic rings. The highest BCUT2D eigenvalue weighted by molar-refractivity contribution is 7.21. The van der Waals surface area contributed by atoms with E-state index in [1.165, 1.54) is 29.5 Å². The van der Waals surface area contributed by atoms with E-state index in [1.807, 2.05) is 16.8 Å². The summed E-state index contributed by atoms with van der Waals surface area (Å²) in [6.45, 7) is -0.172. The van der Waals surface area contributed by atoms with Crippen molar-refractivity contribution in [3.05, 3.63) is 56.6 Å². The number of halogens is 2. The molecule has 0 atom stereocenters. The van der Waals surface area contributed by atoms with Gasteiger partial charge in [0.2, 0.25) is 5.82 Å². The van der Waals surface area contributed by atoms with Gasteiger partial charge in [0.25, 0.3) is 5.89 Å². The van der Waals surface area contributed by atoms with Crippen LogP contribution in [0.2, 0.25) is 5.02 Å². The molecule has 126 valence electrons. The summed E-state index contributed by atoms with van der Waals surface area (Å²) in [5.74, 6) is -0.403. The highest BCUT2D eigenvalue weighted by Crippen LogP contribution is 2.36. The summed E-state index contributed by atoms with van der Waals surface area (Å²) in [6.07, 6.45) is 0. The summed E-state index contributed by atoms with van der Waals surface area (Å²) in [7, 11) is 0. The average molecular weight is 395 g/mol. The fraction of sp³-hybridized carbons (Fsp3) is 0.0625. The second kappa shape index (κ2) is 6.55. The smallest absolute Gasteiger partial charge is 0.350 e. The largest absolute Gasteiger partial charge is 0.451 e. The third-order valence-corrected chi connectivity index (χ3v) is 5.67. The molecule has 0 bridgehead atoms. The Morgan fingerprint density at radius 1 is 1.36 bits per heavy atom. The molecule has 0 unspecified atom stereocenters. The summed E-state index contributed by atoms with van der Waals surface area (Å²) in [5, 5.41) is 8.48. The number of rotatable bonds is 4. The van der Waals surface area contributed by atoms with Crippen molar-refractivity contribution in [2.75, 3.05) is 0 Å². The molecule has 0 amide bonds. The fourth-order valence-corrected chi connectivity index (χ4v) is 4.25. The SMILES string of the molecule is O=C(OCc1nc(-c2ccsc2)no1)c1sc2cc(F)ccc2c1Cl. The molecule has 9 heteroatoms. The van der Waals surface area contributed by atoms with Gasteiger partial charge < -0.3 is 9.26 Å². The van der Waals surface area contributed by atoms with Gasteiger partial charge in [-0.3, -0.25) is 0 Å². The Morgan fingerprint density at radius 3 is 3.04 bits per heavy atom. The first kappa shape index (κ1) is 16.2. The maximum atomic E-state index is 13.3. The normalized spacial score (nSPS) is 11.1. The molecule has 3 heterocycles. The first-order chi connectivity index (χ1) is 12.1. The van der Waals surface area contributed by atoms with Crippen LogP contribution < -0.4 is 0 Å². The van der Waals surface area contributed by atoms with E-state index in [4.69, 9.17) is 20.9 Å². The van der Waals surface area contributed by atoms with E-state index in [1.54, 1.807) is 0 Å². The molecule has 25 heavy (non-hydrogen) atoms. The molecule has 0 saturated carbocycles. The van der Waals surface area contributed by atoms with Gasteiger partial charge in [-0.05, 0) is 29.6 Å². The van der Waals surface area contributed by atoms with Crippen molar-refractivity contribution in [1.82, 2.24) is 10.1 Å². The van der Waals surface area contributed by atoms with Gasteiger partial charge in [0.15, 0.2) is 6.61 Å². The van der Waals surface area contributed by atoms with Crippen molar-refractivity contribution in [2.24, 2.45) is 0 Å². The number of thiophene rings is 2. The molecule has 0 spiro atoms. The number of carbonyl (C=O) groups is 1. The minimum atomic E-state index is -0.623. The number of ether oxygens (including phenoxy) is 1. The molecule has 3 aromatic heterocycles. The molecule has 0 aliphatic heterocycles. The second-order valence-electron chi connectivity index (χ2n) is 4.99. The Hall–Kier alpha value is -2.29. The Morgan fingerprint density at radius 2 is 2.24 bits per heavy atom. The van der Waals surface area contributed by atoms with Gasteiger partial charge in [0.05, 0.1) is 5.02 Å². The zero-order chi connectivity index (χ0) is 17.4. The number of nitrogens with zero attached hydrogens (tertiary/aromatic N) is 2. The van der Waals surface area contributed by atoms with E-state index >= 15 is 0 Å². The molecule has 0 saturated heterocycles. The average Bonchev–Trinajstić information content (AvgIpc) is 3.32. The molecule has 0 radical (unpaired) electrons. The maximum absolute atomic E-state index is 13.3. The molecule has 1 aromatic carbocycles. The van der Waals surface area contributed by atoms with Crippen LogP contribution in [0.25, 0.3) is 21.5 Å². The zero-order valence-electron chi connectivity index (χ0n) is 12.4. The lowest BCUT2D eigenvalue weighted by molar-refractivity contribution is 0.0436. The third kappa shape index (κ3) is 3.15. The summed E-state index contributed by atoms with van der Waals surface area (Å²) in [4.78, 5) is 16.6. The quantitative estimate of drug-likeness (QED) is 0.447. The number of aromatic nitrogens is 2. The van der Waals surface area contributed by atoms with Crippen LogP contribution in [0.15, 0.2) is 39.5 Å². The van der Waals surface area contributed by atoms with Crippen molar-refractivity contribution >= 4 is 50.3 Å². The Kier molecular flexibility index (Phi) is 4.24. The number of benzene rings is 1. The summed E-state index contributed by atoms with van der Waals surface area (Å²) >= 11 is 8.78. The number of hydrogen-bond donors (Lipinski definition) is 0. The van der Waals surface area contributed by atoms with Gasteiger partial charge in [-0.1, -0.05) is 16.8 Å². The van der Waals surface area contributed by atoms with Crippen LogP contribution in [0.4, 0.5) is 4.39 Å². The lowest BCUT2D eigenvalue weighted by Gasteiger charge is -1.99. The zero-order valence-corrected chi connectivity index (χ0v) is 14.8. The standard InChI is InChI=1S/C16H8ClFN2O3S2/c17-13-10-2-1-9(18)5-11(10)25-14(13)16(21)22-6-12-19-15(20-23-12)8-3-4-24-7-8/h1-5,7H,6H2. The van der Waals surface area contributed by atoms with Crippen LogP contribution in [-0.2, 0) is 11.3 Å². The van der Waals surface area contributed by atoms with Gasteiger partial charge >= 0.3 is 5.97 Å². The predicted octanol–water partition coefficient (Wildman–Crippen LogP) is 5.16. The van der Waals surface area contributed by atoms with Crippen molar-refractivity contribution in [3.8, 4) is 11.4 Å². The molecule has 5 nitrogen and oxygen atoms in total. The van der Waals surface area contributed by atoms with Gasteiger partial charge in [-0.25, -0.2) is 9.18 Å². The van der Waals surface area contributed by atoms with Crippen molar-refractivity contribution < 1.29 is 18.4 Å². The van der Waals surface area contributed by atoms with E-state index < -0.39 is 11.8 Å². The highest BCUT2D eigenvalue weighted by atomic mass is 35.5. The van der Waals surface area contributed by atoms with Crippen LogP contribution in [0.5, 0.6) is 0 Å². The number of fused-ring (bicyclic) bond motifs is 1. The summed E-state index contributed by atoms with van der Waals surface area (Å²) in [5.41, 5.74) is 0.834. The molecule has 4 aromatic rings. The number of hydrogen-bond acceptors (Lipinski definition) is 7. The van der Waals surface area contributed by atoms with Crippen LogP contribution >= 0.6 is 34.3 Å². The van der Waals surface area contributed by atoms with Crippen molar-refractivity contribution in [3.63, 3.8) is 0 Å². The van der Waals surface area contributed by atoms with E-state index in [-0.39, 0.29) is 22.4 Å². The Labute approximate surface area is 153 Å². The monoisotopic (exact) mass is 394 g/mol. The second-order valence-corrected chi connectivity index (χ2v) is 7.20. The molecular formula is C16H8ClFN2O3S2. The fourth-order valence-electron chi connectivity index (χ4n) is 2.19. The molecule has 0 N–H and O–H groups in total. The Bertz CT molecular complexity index is 1060. The number of esters is 1. The lowest BCUT2D eigenvalue weighted by Crippen LogP contribution is -2.04. The molecule has 4 rings (SSSR count). The minimum Gasteiger partial charge on any atom is -0.451 e. The van der Waals surface area contributed by atoms with Gasteiger partial charge in [0, 0.05) is 21.0 Å². The van der Waals surface area contributed by atoms with Crippen LogP contribution in [0.1, 0.15) is 15.6 Å². The third-order valence-electron chi connectivity index (χ3n) is 3.35. The summed E-state index contributed by atoms with van der Waals surface area (Å²) < 4.78 is 24.1. The topological polar surface area (TPSA) is 65.2 Å². The molecule has 0 aliphatic carbocycles. The molecular weight excluding hydrogens is 387 g/mol. The minimum absolute atomic E-state index is 0.172. The highest BCUT2D eigenvalue weighted by Gasteiger charge is 2.20. The van der Waals surface area contributed by atoms with E-state index in [9.17, 15) is 9.18 Å². The van der Waals surface area contributed by atoms with Crippen molar-refractivity contribution in [1.29, 1.82) is 0 Å². The molecule has 0 fully saturated rings. The van der Waals surface area contributed by atoms with Crippen LogP contribution in [0.3, 0.4) is 0 Å². The first-order valence-electron chi connectivity index (χ1n) is 7.01. The van der Waals surface area contributed by atoms with Gasteiger partial charge in [-0.2, -0.15) is 16.3 Å². The van der Waals surface area contributed by atoms with Crippen LogP contribution in [0, 0.1) is 5.82 Å². The maximum Gasteiger partial charge on any atom is 0.350 e. The Balaban J connectivity index is 1.50. The van der Waals surface area contributed by atoms with Gasteiger partial charge in [0.1, 0.15) is 10.7 Å². The number of carbonyl (C=O) groups excluding carboxylic acids is 1. The van der Waals surface area contributed by atoms with E-state index in [2.05, 4.69) is 10.1 Å². The van der Waals surface area contributed by atoms with E-state index in [0.717, 1.165) is 16.9 Å². The van der Waals surface area contributed by atoms with Crippen molar-refractivity contribution in [2.45, 2.75) is 6.61 Å². The first-order valence-corrected chi connectivity index (χ1v) is 9.15. The van der Waals surface area contributed by atoms with Crippen LogP contribution in [-0.4, -0.2) is 16.1 Å². The lowest BCUT2D eigenvalue weighted by atomic mass is 10.2.